The molecule has 0 aliphatic carbocycles. The molecule has 114 valence electrons. The molecule has 1 aromatic carbocycles. The van der Waals surface area contributed by atoms with Gasteiger partial charge in [0.15, 0.2) is 0 Å². The first-order chi connectivity index (χ1) is 9.82. The summed E-state index contributed by atoms with van der Waals surface area (Å²) < 4.78 is 0. The van der Waals surface area contributed by atoms with Crippen molar-refractivity contribution in [3.63, 3.8) is 0 Å². The van der Waals surface area contributed by atoms with Gasteiger partial charge in [-0.1, -0.05) is 19.9 Å². The molecule has 0 bridgehead atoms. The number of hydrogen-bond donors (Lipinski definition) is 1. The molecule has 6 heteroatoms. The second kappa shape index (κ2) is 5.71. The largest absolute Gasteiger partial charge is 0.477 e. The van der Waals surface area contributed by atoms with E-state index in [1.165, 1.54) is 6.07 Å². The van der Waals surface area contributed by atoms with Crippen LogP contribution in [0.4, 0.5) is 11.4 Å². The highest BCUT2D eigenvalue weighted by atomic mass is 16.6. The van der Waals surface area contributed by atoms with E-state index in [0.29, 0.717) is 24.1 Å². The fourth-order valence-corrected chi connectivity index (χ4v) is 3.16. The number of carbonyl (C=O) groups is 1. The van der Waals surface area contributed by atoms with Crippen molar-refractivity contribution in [3.8, 4) is 0 Å². The van der Waals surface area contributed by atoms with Crippen molar-refractivity contribution in [3.05, 3.63) is 33.9 Å². The number of aromatic carboxylic acids is 1. The van der Waals surface area contributed by atoms with Crippen LogP contribution in [0.25, 0.3) is 0 Å². The molecule has 1 fully saturated rings. The summed E-state index contributed by atoms with van der Waals surface area (Å²) in [5.41, 5.74) is -0.153. The standard InChI is InChI=1S/C15H20N2O4/c1-9-7-10(2)11(3)16(8-9)13-6-4-5-12(15(18)19)14(13)17(20)21/h4-6,9-11H,7-8H2,1-3H3,(H,18,19). The van der Waals surface area contributed by atoms with Gasteiger partial charge in [0.25, 0.3) is 0 Å². The number of carboxylic acids is 1. The van der Waals surface area contributed by atoms with Crippen LogP contribution in [-0.4, -0.2) is 28.6 Å². The molecule has 0 radical (unpaired) electrons. The van der Waals surface area contributed by atoms with Gasteiger partial charge in [-0.15, -0.1) is 0 Å². The molecule has 1 aliphatic heterocycles. The molecule has 0 spiro atoms. The average molecular weight is 292 g/mol. The Kier molecular flexibility index (Phi) is 4.16. The quantitative estimate of drug-likeness (QED) is 0.683. The van der Waals surface area contributed by atoms with Gasteiger partial charge >= 0.3 is 11.7 Å². The Morgan fingerprint density at radius 3 is 2.62 bits per heavy atom. The van der Waals surface area contributed by atoms with Crippen molar-refractivity contribution in [1.29, 1.82) is 0 Å². The first-order valence-electron chi connectivity index (χ1n) is 7.10. The van der Waals surface area contributed by atoms with Gasteiger partial charge in [0.1, 0.15) is 11.3 Å². The SMILES string of the molecule is CC1CC(C)C(C)N(c2cccc(C(=O)O)c2[N+](=O)[O-])C1. The monoisotopic (exact) mass is 292 g/mol. The minimum absolute atomic E-state index is 0.143. The Morgan fingerprint density at radius 2 is 2.05 bits per heavy atom. The molecule has 6 nitrogen and oxygen atoms in total. The van der Waals surface area contributed by atoms with Gasteiger partial charge in [-0.3, -0.25) is 10.1 Å². The lowest BCUT2D eigenvalue weighted by Crippen LogP contribution is -2.46. The summed E-state index contributed by atoms with van der Waals surface area (Å²) in [5, 5.41) is 20.6. The maximum Gasteiger partial charge on any atom is 0.342 e. The van der Waals surface area contributed by atoms with Crippen molar-refractivity contribution < 1.29 is 14.8 Å². The fraction of sp³-hybridized carbons (Fsp3) is 0.533. The minimum atomic E-state index is -1.27. The van der Waals surface area contributed by atoms with Crippen LogP contribution in [0.15, 0.2) is 18.2 Å². The lowest BCUT2D eigenvalue weighted by molar-refractivity contribution is -0.384. The third kappa shape index (κ3) is 2.84. The first-order valence-corrected chi connectivity index (χ1v) is 7.10. The van der Waals surface area contributed by atoms with Gasteiger partial charge in [0, 0.05) is 12.6 Å². The summed E-state index contributed by atoms with van der Waals surface area (Å²) >= 11 is 0. The number of nitrogens with zero attached hydrogens (tertiary/aromatic N) is 2. The molecule has 21 heavy (non-hydrogen) atoms. The van der Waals surface area contributed by atoms with E-state index in [4.69, 9.17) is 0 Å². The van der Waals surface area contributed by atoms with Gasteiger partial charge in [0.2, 0.25) is 0 Å². The van der Waals surface area contributed by atoms with Crippen molar-refractivity contribution in [2.75, 3.05) is 11.4 Å². The number of nitro benzene ring substituents is 1. The Balaban J connectivity index is 2.55. The number of piperidine rings is 1. The molecule has 0 aromatic heterocycles. The molecule has 1 aliphatic rings. The summed E-state index contributed by atoms with van der Waals surface area (Å²) in [7, 11) is 0. The molecule has 2 rings (SSSR count). The highest BCUT2D eigenvalue weighted by molar-refractivity contribution is 5.95. The van der Waals surface area contributed by atoms with E-state index < -0.39 is 10.9 Å². The zero-order valence-electron chi connectivity index (χ0n) is 12.4. The number of hydrogen-bond acceptors (Lipinski definition) is 4. The Morgan fingerprint density at radius 1 is 1.38 bits per heavy atom. The van der Waals surface area contributed by atoms with E-state index in [9.17, 15) is 20.0 Å². The highest BCUT2D eigenvalue weighted by Gasteiger charge is 2.34. The predicted molar refractivity (Wildman–Crippen MR) is 79.8 cm³/mol. The Bertz CT molecular complexity index is 573. The van der Waals surface area contributed by atoms with E-state index in [-0.39, 0.29) is 17.3 Å². The Labute approximate surface area is 123 Å². The molecule has 3 atom stereocenters. The summed E-state index contributed by atoms with van der Waals surface area (Å²) in [6.07, 6.45) is 1.07. The predicted octanol–water partition coefficient (Wildman–Crippen LogP) is 3.16. The second-order valence-electron chi connectivity index (χ2n) is 5.95. The number of para-hydroxylation sites is 1. The van der Waals surface area contributed by atoms with Gasteiger partial charge in [-0.05, 0) is 37.3 Å². The van der Waals surface area contributed by atoms with Crippen LogP contribution in [0.5, 0.6) is 0 Å². The summed E-state index contributed by atoms with van der Waals surface area (Å²) in [6.45, 7) is 6.98. The van der Waals surface area contributed by atoms with Crippen LogP contribution in [0.1, 0.15) is 37.6 Å². The van der Waals surface area contributed by atoms with Gasteiger partial charge < -0.3 is 10.0 Å². The van der Waals surface area contributed by atoms with Crippen molar-refractivity contribution in [2.24, 2.45) is 11.8 Å². The normalized spacial score (nSPS) is 25.7. The molecular formula is C15H20N2O4. The first kappa shape index (κ1) is 15.3. The number of carboxylic acid groups (broad SMARTS) is 1. The van der Waals surface area contributed by atoms with Gasteiger partial charge in [-0.2, -0.15) is 0 Å². The summed E-state index contributed by atoms with van der Waals surface area (Å²) in [4.78, 5) is 24.0. The Hall–Kier alpha value is -2.11. The maximum atomic E-state index is 11.4. The van der Waals surface area contributed by atoms with Crippen LogP contribution in [0.2, 0.25) is 0 Å². The van der Waals surface area contributed by atoms with E-state index in [2.05, 4.69) is 13.8 Å². The second-order valence-corrected chi connectivity index (χ2v) is 5.95. The summed E-state index contributed by atoms with van der Waals surface area (Å²) in [5.74, 6) is -0.444. The molecule has 1 heterocycles. The van der Waals surface area contributed by atoms with Crippen molar-refractivity contribution in [1.82, 2.24) is 0 Å². The van der Waals surface area contributed by atoms with E-state index >= 15 is 0 Å². The lowest BCUT2D eigenvalue weighted by atomic mass is 9.85. The van der Waals surface area contributed by atoms with Gasteiger partial charge in [0.05, 0.1) is 4.92 Å². The average Bonchev–Trinajstić information content (AvgIpc) is 2.41. The van der Waals surface area contributed by atoms with Crippen LogP contribution in [0.3, 0.4) is 0 Å². The summed E-state index contributed by atoms with van der Waals surface area (Å²) in [6, 6.07) is 4.64. The number of nitro groups is 1. The molecule has 0 amide bonds. The van der Waals surface area contributed by atoms with Crippen molar-refractivity contribution in [2.45, 2.75) is 33.2 Å². The van der Waals surface area contributed by atoms with E-state index in [1.807, 2.05) is 11.8 Å². The lowest BCUT2D eigenvalue weighted by Gasteiger charge is -2.42. The zero-order chi connectivity index (χ0) is 15.7. The molecule has 1 N–H and O–H groups in total. The minimum Gasteiger partial charge on any atom is -0.477 e. The fourth-order valence-electron chi connectivity index (χ4n) is 3.16. The zero-order valence-corrected chi connectivity index (χ0v) is 12.4. The molecule has 3 unspecified atom stereocenters. The van der Waals surface area contributed by atoms with Crippen LogP contribution in [-0.2, 0) is 0 Å². The van der Waals surface area contributed by atoms with Crippen LogP contribution in [0, 0.1) is 22.0 Å². The maximum absolute atomic E-state index is 11.4. The molecule has 0 saturated carbocycles. The molecule has 1 saturated heterocycles. The van der Waals surface area contributed by atoms with Crippen LogP contribution >= 0.6 is 0 Å². The van der Waals surface area contributed by atoms with Gasteiger partial charge in [-0.25, -0.2) is 4.79 Å². The van der Waals surface area contributed by atoms with Crippen molar-refractivity contribution >= 4 is 17.3 Å². The molecule has 1 aromatic rings. The number of rotatable bonds is 3. The van der Waals surface area contributed by atoms with E-state index in [1.54, 1.807) is 12.1 Å². The third-order valence-corrected chi connectivity index (χ3v) is 4.33. The van der Waals surface area contributed by atoms with Crippen LogP contribution < -0.4 is 4.90 Å². The number of benzene rings is 1. The van der Waals surface area contributed by atoms with E-state index in [0.717, 1.165) is 6.42 Å². The smallest absolute Gasteiger partial charge is 0.342 e. The third-order valence-electron chi connectivity index (χ3n) is 4.33. The number of anilines is 1. The topological polar surface area (TPSA) is 83.7 Å². The molecular weight excluding hydrogens is 272 g/mol. The highest BCUT2D eigenvalue weighted by Crippen LogP contribution is 2.38.